The number of anilines is 1. The van der Waals surface area contributed by atoms with Crippen LogP contribution < -0.4 is 4.90 Å². The molecule has 0 saturated heterocycles. The third kappa shape index (κ3) is 4.38. The van der Waals surface area contributed by atoms with Crippen molar-refractivity contribution in [2.24, 2.45) is 0 Å². The maximum absolute atomic E-state index is 6.74. The average molecular weight is 433 g/mol. The maximum Gasteiger partial charge on any atom is 0.192 e. The van der Waals surface area contributed by atoms with Gasteiger partial charge in [-0.3, -0.25) is 4.98 Å². The summed E-state index contributed by atoms with van der Waals surface area (Å²) in [6, 6.07) is 12.8. The molecule has 2 heterocycles. The van der Waals surface area contributed by atoms with Gasteiger partial charge in [0.2, 0.25) is 0 Å². The Morgan fingerprint density at radius 3 is 2.58 bits per heavy atom. The smallest absolute Gasteiger partial charge is 0.192 e. The van der Waals surface area contributed by atoms with Gasteiger partial charge < -0.3 is 9.33 Å². The summed E-state index contributed by atoms with van der Waals surface area (Å²) in [7, 11) is -1.81. The normalized spacial score (nSPS) is 17.9. The second-order valence-corrected chi connectivity index (χ2v) is 14.4. The molecule has 0 amide bonds. The van der Waals surface area contributed by atoms with Gasteiger partial charge in [0.25, 0.3) is 0 Å². The van der Waals surface area contributed by atoms with E-state index in [0.29, 0.717) is 0 Å². The van der Waals surface area contributed by atoms with Crippen molar-refractivity contribution in [3.8, 4) is 0 Å². The first-order valence-electron chi connectivity index (χ1n) is 9.27. The Bertz CT molecular complexity index is 758. The standard InChI is InChI=1S/C21H29BrN2OSi/c1-21(2,3)26(4,5)25-18-12-19-20(11-17(22)13-23-19)24(15-18)14-16-9-7-6-8-10-16/h6-11,13,18H,12,14-15H2,1-5H3. The van der Waals surface area contributed by atoms with E-state index >= 15 is 0 Å². The summed E-state index contributed by atoms with van der Waals surface area (Å²) in [6.07, 6.45) is 2.98. The first kappa shape index (κ1) is 19.6. The molecule has 3 nitrogen and oxygen atoms in total. The van der Waals surface area contributed by atoms with E-state index in [1.165, 1.54) is 11.3 Å². The van der Waals surface area contributed by atoms with Gasteiger partial charge in [-0.05, 0) is 45.7 Å². The molecule has 0 radical (unpaired) electrons. The van der Waals surface area contributed by atoms with Crippen LogP contribution in [0.1, 0.15) is 32.0 Å². The molecule has 0 fully saturated rings. The highest BCUT2D eigenvalue weighted by Crippen LogP contribution is 2.39. The number of fused-ring (bicyclic) bond motifs is 1. The maximum atomic E-state index is 6.74. The van der Waals surface area contributed by atoms with E-state index in [0.717, 1.165) is 29.7 Å². The van der Waals surface area contributed by atoms with Crippen molar-refractivity contribution in [2.75, 3.05) is 11.4 Å². The van der Waals surface area contributed by atoms with Crippen LogP contribution in [0.4, 0.5) is 5.69 Å². The molecule has 0 aliphatic carbocycles. The molecule has 3 rings (SSSR count). The number of hydrogen-bond donors (Lipinski definition) is 0. The topological polar surface area (TPSA) is 25.4 Å². The quantitative estimate of drug-likeness (QED) is 0.570. The number of nitrogens with zero attached hydrogens (tertiary/aromatic N) is 2. The highest BCUT2D eigenvalue weighted by atomic mass is 79.9. The lowest BCUT2D eigenvalue weighted by Crippen LogP contribution is -2.49. The Balaban J connectivity index is 1.87. The van der Waals surface area contributed by atoms with Gasteiger partial charge in [0.1, 0.15) is 0 Å². The predicted molar refractivity (Wildman–Crippen MR) is 115 cm³/mol. The van der Waals surface area contributed by atoms with Crippen LogP contribution in [0.5, 0.6) is 0 Å². The average Bonchev–Trinajstić information content (AvgIpc) is 2.55. The molecule has 0 bridgehead atoms. The van der Waals surface area contributed by atoms with Crippen molar-refractivity contribution < 1.29 is 4.43 Å². The fourth-order valence-corrected chi connectivity index (χ4v) is 4.80. The van der Waals surface area contributed by atoms with Crippen LogP contribution in [0.25, 0.3) is 0 Å². The number of rotatable bonds is 4. The van der Waals surface area contributed by atoms with Crippen LogP contribution in [0, 0.1) is 0 Å². The van der Waals surface area contributed by atoms with Crippen molar-refractivity contribution in [3.05, 3.63) is 58.3 Å². The Morgan fingerprint density at radius 1 is 1.23 bits per heavy atom. The fourth-order valence-electron chi connectivity index (χ4n) is 3.14. The van der Waals surface area contributed by atoms with Gasteiger partial charge in [0.05, 0.1) is 17.5 Å². The number of hydrogen-bond acceptors (Lipinski definition) is 3. The lowest BCUT2D eigenvalue weighted by Gasteiger charge is -2.43. The lowest BCUT2D eigenvalue weighted by molar-refractivity contribution is 0.178. The van der Waals surface area contributed by atoms with Crippen molar-refractivity contribution in [2.45, 2.75) is 58.0 Å². The fraction of sp³-hybridized carbons (Fsp3) is 0.476. The van der Waals surface area contributed by atoms with Crippen LogP contribution in [0.15, 0.2) is 47.1 Å². The lowest BCUT2D eigenvalue weighted by atomic mass is 10.0. The predicted octanol–water partition coefficient (Wildman–Crippen LogP) is 5.80. The highest BCUT2D eigenvalue weighted by molar-refractivity contribution is 9.10. The minimum absolute atomic E-state index is 0.195. The molecule has 140 valence electrons. The zero-order valence-electron chi connectivity index (χ0n) is 16.4. The molecule has 2 aromatic rings. The van der Waals surface area contributed by atoms with Crippen molar-refractivity contribution in [1.82, 2.24) is 4.98 Å². The van der Waals surface area contributed by atoms with E-state index in [-0.39, 0.29) is 11.1 Å². The van der Waals surface area contributed by atoms with Gasteiger partial charge in [0, 0.05) is 30.2 Å². The molecule has 1 atom stereocenters. The van der Waals surface area contributed by atoms with Crippen molar-refractivity contribution in [1.29, 1.82) is 0 Å². The number of aromatic nitrogens is 1. The number of pyridine rings is 1. The van der Waals surface area contributed by atoms with Gasteiger partial charge in [-0.25, -0.2) is 0 Å². The summed E-state index contributed by atoms with van der Waals surface area (Å²) in [5.41, 5.74) is 3.67. The molecule has 1 unspecified atom stereocenters. The first-order chi connectivity index (χ1) is 12.2. The van der Waals surface area contributed by atoms with E-state index in [1.807, 2.05) is 6.20 Å². The molecule has 0 N–H and O–H groups in total. The molecular weight excluding hydrogens is 404 g/mol. The molecule has 26 heavy (non-hydrogen) atoms. The van der Waals surface area contributed by atoms with E-state index in [2.05, 4.69) is 91.1 Å². The highest BCUT2D eigenvalue weighted by Gasteiger charge is 2.40. The van der Waals surface area contributed by atoms with Gasteiger partial charge in [0.15, 0.2) is 8.32 Å². The third-order valence-corrected chi connectivity index (χ3v) is 10.6. The van der Waals surface area contributed by atoms with Crippen LogP contribution >= 0.6 is 15.9 Å². The van der Waals surface area contributed by atoms with Crippen LogP contribution in [-0.2, 0) is 17.4 Å². The minimum Gasteiger partial charge on any atom is -0.412 e. The Labute approximate surface area is 167 Å². The van der Waals surface area contributed by atoms with E-state index in [1.54, 1.807) is 0 Å². The SMILES string of the molecule is CC(C)(C)[Si](C)(C)OC1Cc2ncc(Br)cc2N(Cc2ccccc2)C1. The van der Waals surface area contributed by atoms with Gasteiger partial charge >= 0.3 is 0 Å². The zero-order valence-corrected chi connectivity index (χ0v) is 19.0. The molecule has 1 aromatic carbocycles. The molecule has 0 saturated carbocycles. The van der Waals surface area contributed by atoms with Gasteiger partial charge in [-0.15, -0.1) is 0 Å². The van der Waals surface area contributed by atoms with Crippen molar-refractivity contribution >= 4 is 29.9 Å². The largest absolute Gasteiger partial charge is 0.412 e. The van der Waals surface area contributed by atoms with E-state index < -0.39 is 8.32 Å². The third-order valence-electron chi connectivity index (χ3n) is 5.58. The minimum atomic E-state index is -1.81. The second kappa shape index (κ2) is 7.45. The summed E-state index contributed by atoms with van der Waals surface area (Å²) in [6.45, 7) is 13.3. The summed E-state index contributed by atoms with van der Waals surface area (Å²) >= 11 is 3.58. The van der Waals surface area contributed by atoms with Gasteiger partial charge in [-0.2, -0.15) is 0 Å². The van der Waals surface area contributed by atoms with Crippen LogP contribution in [0.3, 0.4) is 0 Å². The monoisotopic (exact) mass is 432 g/mol. The molecule has 5 heteroatoms. The Hall–Kier alpha value is -1.17. The van der Waals surface area contributed by atoms with E-state index in [4.69, 9.17) is 9.41 Å². The zero-order chi connectivity index (χ0) is 18.9. The Kier molecular flexibility index (Phi) is 5.61. The summed E-state index contributed by atoms with van der Waals surface area (Å²) < 4.78 is 7.77. The summed E-state index contributed by atoms with van der Waals surface area (Å²) in [5, 5.41) is 0.213. The number of benzene rings is 1. The molecular formula is C21H29BrN2OSi. The summed E-state index contributed by atoms with van der Waals surface area (Å²) in [4.78, 5) is 7.12. The van der Waals surface area contributed by atoms with Gasteiger partial charge in [-0.1, -0.05) is 51.1 Å². The molecule has 1 aliphatic heterocycles. The van der Waals surface area contributed by atoms with Crippen molar-refractivity contribution in [3.63, 3.8) is 0 Å². The molecule has 0 spiro atoms. The summed E-state index contributed by atoms with van der Waals surface area (Å²) in [5.74, 6) is 0. The second-order valence-electron chi connectivity index (χ2n) is 8.69. The first-order valence-corrected chi connectivity index (χ1v) is 13.0. The van der Waals surface area contributed by atoms with E-state index in [9.17, 15) is 0 Å². The van der Waals surface area contributed by atoms with Crippen LogP contribution in [0.2, 0.25) is 18.1 Å². The molecule has 1 aliphatic rings. The number of halogens is 1. The van der Waals surface area contributed by atoms with Crippen LogP contribution in [-0.4, -0.2) is 26.0 Å². The Morgan fingerprint density at radius 2 is 1.92 bits per heavy atom. The molecule has 1 aromatic heterocycles.